The molecule has 0 aliphatic carbocycles. The average Bonchev–Trinajstić information content (AvgIpc) is 2.30. The van der Waals surface area contributed by atoms with E-state index in [0.717, 1.165) is 12.0 Å². The molecule has 0 heterocycles. The van der Waals surface area contributed by atoms with Crippen molar-refractivity contribution < 1.29 is 13.5 Å². The lowest BCUT2D eigenvalue weighted by Crippen LogP contribution is -2.40. The van der Waals surface area contributed by atoms with E-state index >= 15 is 0 Å². The Morgan fingerprint density at radius 2 is 2.05 bits per heavy atom. The lowest BCUT2D eigenvalue weighted by molar-refractivity contribution is 0.0554. The van der Waals surface area contributed by atoms with Gasteiger partial charge in [0.25, 0.3) is 0 Å². The molecular formula is C13H22N2O3S. The SMILES string of the molecule is CCCC(C)(O)CNS(=O)(=O)c1ccc(C)c(N)c1. The molecule has 108 valence electrons. The van der Waals surface area contributed by atoms with Crippen molar-refractivity contribution in [3.05, 3.63) is 23.8 Å². The summed E-state index contributed by atoms with van der Waals surface area (Å²) in [6.07, 6.45) is 1.32. The summed E-state index contributed by atoms with van der Waals surface area (Å²) >= 11 is 0. The minimum absolute atomic E-state index is 0.0169. The van der Waals surface area contributed by atoms with Crippen molar-refractivity contribution in [2.75, 3.05) is 12.3 Å². The molecule has 0 fully saturated rings. The highest BCUT2D eigenvalue weighted by Crippen LogP contribution is 2.18. The van der Waals surface area contributed by atoms with Crippen molar-refractivity contribution in [2.45, 2.75) is 44.1 Å². The Hall–Kier alpha value is -1.11. The molecule has 0 aliphatic rings. The van der Waals surface area contributed by atoms with Gasteiger partial charge in [-0.2, -0.15) is 0 Å². The van der Waals surface area contributed by atoms with Crippen LogP contribution in [0.2, 0.25) is 0 Å². The van der Waals surface area contributed by atoms with Crippen LogP contribution in [0.3, 0.4) is 0 Å². The topological polar surface area (TPSA) is 92.4 Å². The monoisotopic (exact) mass is 286 g/mol. The number of nitrogens with two attached hydrogens (primary N) is 1. The molecule has 0 aromatic heterocycles. The second-order valence-corrected chi connectivity index (χ2v) is 6.86. The van der Waals surface area contributed by atoms with Crippen LogP contribution in [0.4, 0.5) is 5.69 Å². The third-order valence-corrected chi connectivity index (χ3v) is 4.39. The number of benzene rings is 1. The van der Waals surface area contributed by atoms with Gasteiger partial charge in [0.15, 0.2) is 0 Å². The molecule has 19 heavy (non-hydrogen) atoms. The van der Waals surface area contributed by atoms with Gasteiger partial charge in [-0.15, -0.1) is 0 Å². The van der Waals surface area contributed by atoms with Crippen LogP contribution in [0, 0.1) is 6.92 Å². The molecule has 0 amide bonds. The van der Waals surface area contributed by atoms with Gasteiger partial charge in [-0.3, -0.25) is 0 Å². The average molecular weight is 286 g/mol. The van der Waals surface area contributed by atoms with Crippen LogP contribution < -0.4 is 10.5 Å². The Morgan fingerprint density at radius 1 is 1.42 bits per heavy atom. The van der Waals surface area contributed by atoms with Gasteiger partial charge in [0, 0.05) is 12.2 Å². The Kier molecular flexibility index (Phi) is 4.95. The molecule has 4 N–H and O–H groups in total. The van der Waals surface area contributed by atoms with Crippen LogP contribution in [-0.4, -0.2) is 25.7 Å². The molecule has 0 spiro atoms. The molecule has 1 atom stereocenters. The van der Waals surface area contributed by atoms with Gasteiger partial charge in [-0.25, -0.2) is 13.1 Å². The maximum atomic E-state index is 12.1. The molecule has 0 saturated carbocycles. The van der Waals surface area contributed by atoms with Crippen molar-refractivity contribution in [3.8, 4) is 0 Å². The van der Waals surface area contributed by atoms with Gasteiger partial charge in [0.2, 0.25) is 10.0 Å². The van der Waals surface area contributed by atoms with Crippen LogP contribution in [0.25, 0.3) is 0 Å². The van der Waals surface area contributed by atoms with E-state index in [4.69, 9.17) is 5.73 Å². The summed E-state index contributed by atoms with van der Waals surface area (Å²) in [7, 11) is -3.64. The zero-order valence-corrected chi connectivity index (χ0v) is 12.4. The molecule has 1 aromatic carbocycles. The van der Waals surface area contributed by atoms with Crippen LogP contribution >= 0.6 is 0 Å². The van der Waals surface area contributed by atoms with Gasteiger partial charge < -0.3 is 10.8 Å². The normalized spacial score (nSPS) is 15.2. The van der Waals surface area contributed by atoms with Crippen LogP contribution in [-0.2, 0) is 10.0 Å². The van der Waals surface area contributed by atoms with E-state index in [0.29, 0.717) is 12.1 Å². The van der Waals surface area contributed by atoms with Crippen molar-refractivity contribution in [1.29, 1.82) is 0 Å². The minimum Gasteiger partial charge on any atom is -0.398 e. The maximum Gasteiger partial charge on any atom is 0.240 e. The summed E-state index contributed by atoms with van der Waals surface area (Å²) in [4.78, 5) is 0.114. The first kappa shape index (κ1) is 15.9. The van der Waals surface area contributed by atoms with Crippen LogP contribution in [0.15, 0.2) is 23.1 Å². The zero-order valence-electron chi connectivity index (χ0n) is 11.6. The Morgan fingerprint density at radius 3 is 2.58 bits per heavy atom. The number of aryl methyl sites for hydroxylation is 1. The van der Waals surface area contributed by atoms with Gasteiger partial charge >= 0.3 is 0 Å². The smallest absolute Gasteiger partial charge is 0.240 e. The van der Waals surface area contributed by atoms with Crippen LogP contribution in [0.5, 0.6) is 0 Å². The summed E-state index contributed by atoms with van der Waals surface area (Å²) in [5, 5.41) is 9.97. The van der Waals surface area contributed by atoms with E-state index in [1.165, 1.54) is 12.1 Å². The number of rotatable bonds is 6. The van der Waals surface area contributed by atoms with Crippen molar-refractivity contribution >= 4 is 15.7 Å². The standard InChI is InChI=1S/C13H22N2O3S/c1-4-7-13(3,16)9-15-19(17,18)11-6-5-10(2)12(14)8-11/h5-6,8,15-16H,4,7,9,14H2,1-3H3. The first-order valence-corrected chi connectivity index (χ1v) is 7.74. The van der Waals surface area contributed by atoms with Gasteiger partial charge in [0.05, 0.1) is 10.5 Å². The summed E-state index contributed by atoms with van der Waals surface area (Å²) in [6, 6.07) is 4.59. The van der Waals surface area contributed by atoms with Gasteiger partial charge in [0.1, 0.15) is 0 Å². The molecule has 0 radical (unpaired) electrons. The summed E-state index contributed by atoms with van der Waals surface area (Å²) in [6.45, 7) is 5.34. The summed E-state index contributed by atoms with van der Waals surface area (Å²) in [5.74, 6) is 0. The molecule has 0 bridgehead atoms. The minimum atomic E-state index is -3.64. The molecular weight excluding hydrogens is 264 g/mol. The zero-order chi connectivity index (χ0) is 14.7. The highest BCUT2D eigenvalue weighted by Gasteiger charge is 2.23. The third kappa shape index (κ3) is 4.49. The number of nitrogen functional groups attached to an aromatic ring is 1. The summed E-state index contributed by atoms with van der Waals surface area (Å²) < 4.78 is 26.6. The van der Waals surface area contributed by atoms with Crippen molar-refractivity contribution in [2.24, 2.45) is 0 Å². The predicted molar refractivity (Wildman–Crippen MR) is 76.3 cm³/mol. The quantitative estimate of drug-likeness (QED) is 0.689. The fraction of sp³-hybridized carbons (Fsp3) is 0.538. The highest BCUT2D eigenvalue weighted by atomic mass is 32.2. The largest absolute Gasteiger partial charge is 0.398 e. The number of sulfonamides is 1. The fourth-order valence-electron chi connectivity index (χ4n) is 1.75. The Bertz CT molecular complexity index is 539. The van der Waals surface area contributed by atoms with E-state index in [2.05, 4.69) is 4.72 Å². The Labute approximate surface area is 114 Å². The van der Waals surface area contributed by atoms with Crippen LogP contribution in [0.1, 0.15) is 32.3 Å². The summed E-state index contributed by atoms with van der Waals surface area (Å²) in [5.41, 5.74) is 5.93. The molecule has 0 saturated heterocycles. The molecule has 1 unspecified atom stereocenters. The molecule has 0 aliphatic heterocycles. The van der Waals surface area contributed by atoms with Gasteiger partial charge in [-0.05, 0) is 38.0 Å². The fourth-order valence-corrected chi connectivity index (χ4v) is 2.94. The second-order valence-electron chi connectivity index (χ2n) is 5.09. The lowest BCUT2D eigenvalue weighted by Gasteiger charge is -2.22. The number of nitrogens with one attached hydrogen (secondary N) is 1. The first-order valence-electron chi connectivity index (χ1n) is 6.26. The number of aliphatic hydroxyl groups is 1. The first-order chi connectivity index (χ1) is 8.68. The van der Waals surface area contributed by atoms with E-state index in [1.807, 2.05) is 13.8 Å². The van der Waals surface area contributed by atoms with Gasteiger partial charge in [-0.1, -0.05) is 19.4 Å². The molecule has 1 aromatic rings. The lowest BCUT2D eigenvalue weighted by atomic mass is 10.0. The second kappa shape index (κ2) is 5.90. The molecule has 5 nitrogen and oxygen atoms in total. The molecule has 1 rings (SSSR count). The molecule has 6 heteroatoms. The van der Waals surface area contributed by atoms with Crippen molar-refractivity contribution in [3.63, 3.8) is 0 Å². The number of hydrogen-bond donors (Lipinski definition) is 3. The van der Waals surface area contributed by atoms with E-state index in [1.54, 1.807) is 13.0 Å². The van der Waals surface area contributed by atoms with E-state index < -0.39 is 15.6 Å². The maximum absolute atomic E-state index is 12.1. The van der Waals surface area contributed by atoms with Crippen molar-refractivity contribution in [1.82, 2.24) is 4.72 Å². The predicted octanol–water partition coefficient (Wildman–Crippen LogP) is 1.41. The van der Waals surface area contributed by atoms with E-state index in [-0.39, 0.29) is 11.4 Å². The van der Waals surface area contributed by atoms with E-state index in [9.17, 15) is 13.5 Å². The third-order valence-electron chi connectivity index (χ3n) is 2.99. The highest BCUT2D eigenvalue weighted by molar-refractivity contribution is 7.89. The Balaban J connectivity index is 2.84. The number of anilines is 1. The number of hydrogen-bond acceptors (Lipinski definition) is 4.